The molecule has 0 saturated heterocycles. The lowest BCUT2D eigenvalue weighted by atomic mass is 10.1. The standard InChI is InChI=1S/C24H36N6O/c1-5-8-22-23(19-13-27-30(14-19)20(6-2)7-3)28-21(15-29(22)4)18(11-25)12-26-16-24(17-31)9-10-24/h8,11-15,20,31H,5-7,9-10,16-17,25H2,1-4H3/b18-11?,22-8-,26-12?. The zero-order valence-corrected chi connectivity index (χ0v) is 19.3. The topological polar surface area (TPSA) is 92.0 Å². The van der Waals surface area contributed by atoms with E-state index in [9.17, 15) is 5.11 Å². The third-order valence-electron chi connectivity index (χ3n) is 6.18. The summed E-state index contributed by atoms with van der Waals surface area (Å²) < 4.78 is 2.05. The van der Waals surface area contributed by atoms with Crippen LogP contribution in [0, 0.1) is 5.41 Å². The molecule has 0 radical (unpaired) electrons. The Kier molecular flexibility index (Phi) is 7.49. The van der Waals surface area contributed by atoms with Crippen LogP contribution in [0.5, 0.6) is 0 Å². The number of aromatic nitrogens is 2. The molecule has 0 aromatic carbocycles. The van der Waals surface area contributed by atoms with Crippen LogP contribution in [-0.4, -0.2) is 51.9 Å². The number of likely N-dealkylation sites (N-methyl/N-ethyl adjacent to an activating group) is 1. The summed E-state index contributed by atoms with van der Waals surface area (Å²) in [5.74, 6) is 0. The average molecular weight is 425 g/mol. The van der Waals surface area contributed by atoms with E-state index in [4.69, 9.17) is 10.7 Å². The van der Waals surface area contributed by atoms with Crippen molar-refractivity contribution in [1.29, 1.82) is 0 Å². The largest absolute Gasteiger partial charge is 0.404 e. The summed E-state index contributed by atoms with van der Waals surface area (Å²) in [5, 5.41) is 14.1. The first-order valence-electron chi connectivity index (χ1n) is 11.3. The van der Waals surface area contributed by atoms with Crippen LogP contribution < -0.4 is 5.73 Å². The molecule has 1 aliphatic heterocycles. The van der Waals surface area contributed by atoms with Crippen LogP contribution in [-0.2, 0) is 0 Å². The monoisotopic (exact) mass is 424 g/mol. The van der Waals surface area contributed by atoms with Crippen LogP contribution in [0.2, 0.25) is 0 Å². The van der Waals surface area contributed by atoms with Gasteiger partial charge in [0, 0.05) is 55.0 Å². The van der Waals surface area contributed by atoms with Gasteiger partial charge < -0.3 is 15.7 Å². The van der Waals surface area contributed by atoms with E-state index in [0.717, 1.165) is 60.3 Å². The number of aliphatic hydroxyl groups is 1. The Labute approximate surface area is 185 Å². The second-order valence-electron chi connectivity index (χ2n) is 8.51. The van der Waals surface area contributed by atoms with E-state index in [-0.39, 0.29) is 12.0 Å². The van der Waals surface area contributed by atoms with Crippen molar-refractivity contribution in [2.24, 2.45) is 21.1 Å². The first-order valence-corrected chi connectivity index (χ1v) is 11.3. The fraction of sp³-hybridized carbons (Fsp3) is 0.542. The maximum absolute atomic E-state index is 9.51. The van der Waals surface area contributed by atoms with Gasteiger partial charge in [-0.15, -0.1) is 0 Å². The molecule has 1 aliphatic carbocycles. The molecule has 1 saturated carbocycles. The molecule has 3 rings (SSSR count). The zero-order valence-electron chi connectivity index (χ0n) is 19.3. The Morgan fingerprint density at radius 1 is 1.32 bits per heavy atom. The van der Waals surface area contributed by atoms with Gasteiger partial charge in [0.15, 0.2) is 0 Å². The molecular formula is C24H36N6O. The molecule has 7 heteroatoms. The van der Waals surface area contributed by atoms with Crippen molar-refractivity contribution in [3.63, 3.8) is 0 Å². The number of aliphatic imine (C=N–C) groups is 2. The SMILES string of the molecule is CC/C=C1/C(c2cnn(C(CC)CC)c2)=NC(C(C=NCC2(CO)CC2)=CN)=CN1C. The third kappa shape index (κ3) is 5.15. The van der Waals surface area contributed by atoms with Crippen molar-refractivity contribution in [2.45, 2.75) is 58.9 Å². The molecular weight excluding hydrogens is 388 g/mol. The predicted octanol–water partition coefficient (Wildman–Crippen LogP) is 3.80. The number of nitrogens with zero attached hydrogens (tertiary/aromatic N) is 5. The Hall–Kier alpha value is -2.67. The number of aliphatic hydroxyl groups excluding tert-OH is 1. The van der Waals surface area contributed by atoms with Gasteiger partial charge in [0.05, 0.1) is 36.0 Å². The predicted molar refractivity (Wildman–Crippen MR) is 127 cm³/mol. The van der Waals surface area contributed by atoms with E-state index < -0.39 is 0 Å². The van der Waals surface area contributed by atoms with Gasteiger partial charge in [-0.2, -0.15) is 5.10 Å². The molecule has 2 aliphatic rings. The first kappa shape index (κ1) is 23.0. The summed E-state index contributed by atoms with van der Waals surface area (Å²) in [6.07, 6.45) is 16.5. The molecule has 1 aromatic rings. The summed E-state index contributed by atoms with van der Waals surface area (Å²) in [7, 11) is 2.03. The van der Waals surface area contributed by atoms with E-state index in [1.54, 1.807) is 12.4 Å². The molecule has 3 N–H and O–H groups in total. The van der Waals surface area contributed by atoms with E-state index in [0.29, 0.717) is 12.6 Å². The van der Waals surface area contributed by atoms with Gasteiger partial charge in [0.2, 0.25) is 0 Å². The van der Waals surface area contributed by atoms with Crippen LogP contribution in [0.3, 0.4) is 0 Å². The highest BCUT2D eigenvalue weighted by Crippen LogP contribution is 2.45. The van der Waals surface area contributed by atoms with Crippen LogP contribution in [0.15, 0.2) is 57.8 Å². The van der Waals surface area contributed by atoms with Crippen molar-refractivity contribution >= 4 is 11.9 Å². The Balaban J connectivity index is 1.91. The van der Waals surface area contributed by atoms with Gasteiger partial charge in [-0.25, -0.2) is 4.99 Å². The van der Waals surface area contributed by atoms with Crippen LogP contribution in [0.1, 0.15) is 64.5 Å². The van der Waals surface area contributed by atoms with Gasteiger partial charge in [-0.05, 0) is 32.1 Å². The number of rotatable bonds is 10. The van der Waals surface area contributed by atoms with Gasteiger partial charge in [0.25, 0.3) is 0 Å². The minimum atomic E-state index is -0.0247. The highest BCUT2D eigenvalue weighted by Gasteiger charge is 2.41. The van der Waals surface area contributed by atoms with E-state index in [1.807, 2.05) is 24.1 Å². The summed E-state index contributed by atoms with van der Waals surface area (Å²) in [4.78, 5) is 11.6. The first-order chi connectivity index (χ1) is 15.0. The van der Waals surface area contributed by atoms with E-state index in [2.05, 4.69) is 48.0 Å². The van der Waals surface area contributed by atoms with Gasteiger partial charge >= 0.3 is 0 Å². The number of hydrogen-bond donors (Lipinski definition) is 2. The normalized spacial score (nSPS) is 20.0. The second-order valence-corrected chi connectivity index (χ2v) is 8.51. The molecule has 31 heavy (non-hydrogen) atoms. The lowest BCUT2D eigenvalue weighted by Gasteiger charge is -2.26. The Bertz CT molecular complexity index is 912. The molecule has 1 fully saturated rings. The summed E-state index contributed by atoms with van der Waals surface area (Å²) in [5.41, 5.74) is 10.4. The van der Waals surface area contributed by atoms with Crippen LogP contribution in [0.25, 0.3) is 0 Å². The van der Waals surface area contributed by atoms with Gasteiger partial charge in [-0.1, -0.05) is 26.8 Å². The molecule has 7 nitrogen and oxygen atoms in total. The average Bonchev–Trinajstić information content (AvgIpc) is 3.40. The Morgan fingerprint density at radius 3 is 2.65 bits per heavy atom. The number of nitrogens with two attached hydrogens (primary N) is 1. The quantitative estimate of drug-likeness (QED) is 0.559. The molecule has 0 spiro atoms. The highest BCUT2D eigenvalue weighted by molar-refractivity contribution is 6.13. The van der Waals surface area contributed by atoms with E-state index in [1.165, 1.54) is 0 Å². The van der Waals surface area contributed by atoms with E-state index >= 15 is 0 Å². The van der Waals surface area contributed by atoms with Gasteiger partial charge in [-0.3, -0.25) is 9.67 Å². The molecule has 0 amide bonds. The maximum atomic E-state index is 9.51. The Morgan fingerprint density at radius 2 is 2.06 bits per heavy atom. The summed E-state index contributed by atoms with van der Waals surface area (Å²) >= 11 is 0. The number of hydrogen-bond acceptors (Lipinski definition) is 6. The minimum Gasteiger partial charge on any atom is -0.404 e. The molecule has 168 valence electrons. The fourth-order valence-electron chi connectivity index (χ4n) is 3.81. The molecule has 0 unspecified atom stereocenters. The second kappa shape index (κ2) is 10.1. The molecule has 1 aromatic heterocycles. The van der Waals surface area contributed by atoms with Crippen molar-refractivity contribution in [1.82, 2.24) is 14.7 Å². The zero-order chi connectivity index (χ0) is 22.4. The maximum Gasteiger partial charge on any atom is 0.0974 e. The lowest BCUT2D eigenvalue weighted by Crippen LogP contribution is -2.24. The molecule has 0 atom stereocenters. The van der Waals surface area contributed by atoms with Gasteiger partial charge in [0.1, 0.15) is 0 Å². The smallest absolute Gasteiger partial charge is 0.0974 e. The van der Waals surface area contributed by atoms with Crippen LogP contribution in [0.4, 0.5) is 0 Å². The number of allylic oxidation sites excluding steroid dienone is 3. The minimum absolute atomic E-state index is 0.0247. The summed E-state index contributed by atoms with van der Waals surface area (Å²) in [6, 6.07) is 0.386. The third-order valence-corrected chi connectivity index (χ3v) is 6.18. The lowest BCUT2D eigenvalue weighted by molar-refractivity contribution is 0.217. The van der Waals surface area contributed by atoms with Crippen molar-refractivity contribution in [3.05, 3.63) is 53.4 Å². The molecule has 0 bridgehead atoms. The highest BCUT2D eigenvalue weighted by atomic mass is 16.3. The molecule has 2 heterocycles. The van der Waals surface area contributed by atoms with Crippen molar-refractivity contribution in [2.75, 3.05) is 20.2 Å². The summed E-state index contributed by atoms with van der Waals surface area (Å²) in [6.45, 7) is 7.29. The fourth-order valence-corrected chi connectivity index (χ4v) is 3.81. The van der Waals surface area contributed by atoms with Crippen molar-refractivity contribution < 1.29 is 5.11 Å². The van der Waals surface area contributed by atoms with Crippen molar-refractivity contribution in [3.8, 4) is 0 Å². The van der Waals surface area contributed by atoms with Crippen LogP contribution >= 0.6 is 0 Å².